The Hall–Kier alpha value is -2.63. The normalized spacial score (nSPS) is 10.6. The molecule has 0 radical (unpaired) electrons. The van der Waals surface area contributed by atoms with E-state index in [2.05, 4.69) is 9.88 Å². The van der Waals surface area contributed by atoms with E-state index in [1.807, 2.05) is 49.4 Å². The van der Waals surface area contributed by atoms with Crippen molar-refractivity contribution in [2.24, 2.45) is 0 Å². The highest BCUT2D eigenvalue weighted by Gasteiger charge is 2.16. The van der Waals surface area contributed by atoms with Gasteiger partial charge in [0, 0.05) is 42.8 Å². The van der Waals surface area contributed by atoms with E-state index in [9.17, 15) is 0 Å². The number of rotatable bonds is 9. The molecule has 0 bridgehead atoms. The third-order valence-corrected chi connectivity index (χ3v) is 5.30. The number of methoxy groups -OCH3 is 2. The topological polar surface area (TPSA) is 43.8 Å². The zero-order valence-electron chi connectivity index (χ0n) is 17.2. The lowest BCUT2D eigenvalue weighted by Gasteiger charge is -2.27. The Labute approximate surface area is 187 Å². The smallest absolute Gasteiger partial charge is 0.163 e. The van der Waals surface area contributed by atoms with Gasteiger partial charge >= 0.3 is 0 Å². The molecule has 0 atom stereocenters. The van der Waals surface area contributed by atoms with Crippen LogP contribution in [0.5, 0.6) is 17.2 Å². The molecule has 0 aliphatic rings. The summed E-state index contributed by atoms with van der Waals surface area (Å²) < 4.78 is 16.5. The van der Waals surface area contributed by atoms with E-state index in [1.54, 1.807) is 26.6 Å². The molecule has 1 heterocycles. The summed E-state index contributed by atoms with van der Waals surface area (Å²) in [4.78, 5) is 6.23. The highest BCUT2D eigenvalue weighted by atomic mass is 35.5. The fourth-order valence-electron chi connectivity index (χ4n) is 3.10. The zero-order valence-corrected chi connectivity index (χ0v) is 18.7. The van der Waals surface area contributed by atoms with Gasteiger partial charge in [-0.2, -0.15) is 0 Å². The number of benzene rings is 2. The molecule has 3 rings (SSSR count). The van der Waals surface area contributed by atoms with Crippen molar-refractivity contribution in [3.05, 3.63) is 76.0 Å². The molecule has 0 saturated carbocycles. The van der Waals surface area contributed by atoms with E-state index in [4.69, 9.17) is 37.4 Å². The number of pyridine rings is 1. The molecular formula is C23H24Cl2N2O3. The quantitative estimate of drug-likeness (QED) is 0.402. The number of hydrogen-bond donors (Lipinski definition) is 0. The van der Waals surface area contributed by atoms with E-state index in [1.165, 1.54) is 0 Å². The summed E-state index contributed by atoms with van der Waals surface area (Å²) in [6, 6.07) is 13.8. The van der Waals surface area contributed by atoms with Crippen LogP contribution in [0, 0.1) is 0 Å². The predicted molar refractivity (Wildman–Crippen MR) is 121 cm³/mol. The average Bonchev–Trinajstić information content (AvgIpc) is 2.76. The Bertz CT molecular complexity index is 960. The Kier molecular flexibility index (Phi) is 7.66. The van der Waals surface area contributed by atoms with Crippen LogP contribution in [0.2, 0.25) is 10.0 Å². The minimum Gasteiger partial charge on any atom is -0.497 e. The van der Waals surface area contributed by atoms with Crippen LogP contribution in [0.1, 0.15) is 18.1 Å². The number of nitrogens with zero attached hydrogens (tertiary/aromatic N) is 2. The average molecular weight is 447 g/mol. The number of anilines is 1. The third-order valence-electron chi connectivity index (χ3n) is 4.65. The van der Waals surface area contributed by atoms with Crippen molar-refractivity contribution >= 4 is 28.9 Å². The molecule has 0 N–H and O–H groups in total. The summed E-state index contributed by atoms with van der Waals surface area (Å²) in [5, 5.41) is 1.06. The number of halogens is 2. The van der Waals surface area contributed by atoms with E-state index >= 15 is 0 Å². The van der Waals surface area contributed by atoms with Crippen LogP contribution >= 0.6 is 23.2 Å². The van der Waals surface area contributed by atoms with Gasteiger partial charge in [0.25, 0.3) is 0 Å². The van der Waals surface area contributed by atoms with Crippen molar-refractivity contribution in [2.45, 2.75) is 20.0 Å². The Morgan fingerprint density at radius 1 is 0.867 bits per heavy atom. The fraction of sp³-hybridized carbons (Fsp3) is 0.261. The summed E-state index contributed by atoms with van der Waals surface area (Å²) >= 11 is 12.8. The van der Waals surface area contributed by atoms with Gasteiger partial charge in [-0.1, -0.05) is 35.3 Å². The van der Waals surface area contributed by atoms with Gasteiger partial charge in [-0.25, -0.2) is 0 Å². The van der Waals surface area contributed by atoms with Crippen molar-refractivity contribution in [1.82, 2.24) is 4.98 Å². The molecule has 0 unspecified atom stereocenters. The molecule has 1 aromatic heterocycles. The maximum atomic E-state index is 6.40. The maximum Gasteiger partial charge on any atom is 0.163 e. The largest absolute Gasteiger partial charge is 0.497 e. The SMILES string of the molecule is CCOc1cc(N(Cc2ccc(OC)cc2)Cc2c(Cl)cncc2Cl)ccc1OC. The van der Waals surface area contributed by atoms with Gasteiger partial charge in [0.1, 0.15) is 5.75 Å². The van der Waals surface area contributed by atoms with E-state index in [0.717, 1.165) is 22.6 Å². The summed E-state index contributed by atoms with van der Waals surface area (Å²) in [6.45, 7) is 3.62. The maximum absolute atomic E-state index is 6.40. The molecule has 2 aromatic carbocycles. The number of aromatic nitrogens is 1. The van der Waals surface area contributed by atoms with Gasteiger partial charge in [-0.15, -0.1) is 0 Å². The first kappa shape index (κ1) is 22.1. The summed E-state index contributed by atoms with van der Waals surface area (Å²) in [5.74, 6) is 2.18. The van der Waals surface area contributed by atoms with Gasteiger partial charge in [-0.3, -0.25) is 4.98 Å². The number of hydrogen-bond acceptors (Lipinski definition) is 5. The molecule has 3 aromatic rings. The molecule has 0 fully saturated rings. The third kappa shape index (κ3) is 5.29. The van der Waals surface area contributed by atoms with Crippen LogP contribution in [0.3, 0.4) is 0 Å². The van der Waals surface area contributed by atoms with Crippen molar-refractivity contribution in [3.8, 4) is 17.2 Å². The molecular weight excluding hydrogens is 423 g/mol. The minimum atomic E-state index is 0.504. The number of ether oxygens (including phenoxy) is 3. The van der Waals surface area contributed by atoms with E-state index < -0.39 is 0 Å². The van der Waals surface area contributed by atoms with Crippen LogP contribution in [-0.2, 0) is 13.1 Å². The van der Waals surface area contributed by atoms with Crippen LogP contribution < -0.4 is 19.1 Å². The monoisotopic (exact) mass is 446 g/mol. The lowest BCUT2D eigenvalue weighted by atomic mass is 10.1. The van der Waals surface area contributed by atoms with Crippen LogP contribution in [0.15, 0.2) is 54.9 Å². The standard InChI is InChI=1S/C23H24Cl2N2O3/c1-4-30-23-11-17(7-10-22(23)29-3)27(14-16-5-8-18(28-2)9-6-16)15-19-20(24)12-26-13-21(19)25/h5-13H,4,14-15H2,1-3H3. The minimum absolute atomic E-state index is 0.504. The van der Waals surface area contributed by atoms with Crippen molar-refractivity contribution in [1.29, 1.82) is 0 Å². The lowest BCUT2D eigenvalue weighted by Crippen LogP contribution is -2.22. The first-order valence-electron chi connectivity index (χ1n) is 9.52. The molecule has 0 aliphatic heterocycles. The van der Waals surface area contributed by atoms with Crippen molar-refractivity contribution in [2.75, 3.05) is 25.7 Å². The summed E-state index contributed by atoms with van der Waals surface area (Å²) in [5.41, 5.74) is 2.89. The molecule has 0 amide bonds. The Balaban J connectivity index is 1.99. The van der Waals surface area contributed by atoms with Gasteiger partial charge in [-0.05, 0) is 36.8 Å². The highest BCUT2D eigenvalue weighted by molar-refractivity contribution is 6.35. The Morgan fingerprint density at radius 2 is 1.57 bits per heavy atom. The molecule has 0 aliphatic carbocycles. The van der Waals surface area contributed by atoms with E-state index in [-0.39, 0.29) is 0 Å². The molecule has 0 saturated heterocycles. The first-order chi connectivity index (χ1) is 14.5. The van der Waals surface area contributed by atoms with Gasteiger partial charge in [0.15, 0.2) is 11.5 Å². The van der Waals surface area contributed by atoms with Gasteiger partial charge in [0.05, 0.1) is 30.9 Å². The first-order valence-corrected chi connectivity index (χ1v) is 10.3. The van der Waals surface area contributed by atoms with Crippen molar-refractivity contribution in [3.63, 3.8) is 0 Å². The van der Waals surface area contributed by atoms with Crippen LogP contribution in [0.4, 0.5) is 5.69 Å². The van der Waals surface area contributed by atoms with E-state index in [0.29, 0.717) is 41.2 Å². The molecule has 7 heteroatoms. The predicted octanol–water partition coefficient (Wildman–Crippen LogP) is 6.01. The molecule has 158 valence electrons. The molecule has 5 nitrogen and oxygen atoms in total. The zero-order chi connectivity index (χ0) is 21.5. The van der Waals surface area contributed by atoms with Gasteiger partial charge < -0.3 is 19.1 Å². The lowest BCUT2D eigenvalue weighted by molar-refractivity contribution is 0.311. The highest BCUT2D eigenvalue weighted by Crippen LogP contribution is 2.34. The van der Waals surface area contributed by atoms with Crippen LogP contribution in [0.25, 0.3) is 0 Å². The van der Waals surface area contributed by atoms with Crippen LogP contribution in [-0.4, -0.2) is 25.8 Å². The second-order valence-electron chi connectivity index (χ2n) is 6.55. The molecule has 0 spiro atoms. The summed E-state index contributed by atoms with van der Waals surface area (Å²) in [7, 11) is 3.28. The van der Waals surface area contributed by atoms with Gasteiger partial charge in [0.2, 0.25) is 0 Å². The Morgan fingerprint density at radius 3 is 2.17 bits per heavy atom. The second kappa shape index (κ2) is 10.4. The van der Waals surface area contributed by atoms with Crippen molar-refractivity contribution < 1.29 is 14.2 Å². The fourth-order valence-corrected chi connectivity index (χ4v) is 3.58. The summed E-state index contributed by atoms with van der Waals surface area (Å²) in [6.07, 6.45) is 3.21. The molecule has 30 heavy (non-hydrogen) atoms. The second-order valence-corrected chi connectivity index (χ2v) is 7.37.